The van der Waals surface area contributed by atoms with Crippen LogP contribution in [0.5, 0.6) is 0 Å². The summed E-state index contributed by atoms with van der Waals surface area (Å²) in [7, 11) is -1.19. The molecular weight excluding hydrogens is 420 g/mol. The largest absolute Gasteiger partial charge is 0.441 e. The molecule has 0 N–H and O–H groups in total. The summed E-state index contributed by atoms with van der Waals surface area (Å²) < 4.78 is 13.5. The Labute approximate surface area is 190 Å². The van der Waals surface area contributed by atoms with Gasteiger partial charge in [-0.25, -0.2) is 9.48 Å². The SMILES string of the molecule is C[Si](C)(C)CCOCn1nc(-c2ccncc2)cc1N1CCC(c2ccccc2)OC1=O. The van der Waals surface area contributed by atoms with Gasteiger partial charge in [-0.2, -0.15) is 5.10 Å². The van der Waals surface area contributed by atoms with Crippen molar-refractivity contribution in [2.24, 2.45) is 0 Å². The van der Waals surface area contributed by atoms with Crippen molar-refractivity contribution < 1.29 is 14.3 Å². The number of aromatic nitrogens is 3. The first-order chi connectivity index (χ1) is 15.4. The summed E-state index contributed by atoms with van der Waals surface area (Å²) in [6, 6.07) is 16.7. The molecule has 1 aromatic carbocycles. The van der Waals surface area contributed by atoms with Crippen molar-refractivity contribution in [3.8, 4) is 11.3 Å². The molecule has 8 heteroatoms. The second-order valence-electron chi connectivity index (χ2n) is 9.19. The molecule has 7 nitrogen and oxygen atoms in total. The van der Waals surface area contributed by atoms with Gasteiger partial charge < -0.3 is 9.47 Å². The first-order valence-electron chi connectivity index (χ1n) is 11.0. The number of benzene rings is 1. The van der Waals surface area contributed by atoms with Gasteiger partial charge in [-0.1, -0.05) is 50.0 Å². The zero-order chi connectivity index (χ0) is 22.6. The number of carbonyl (C=O) groups excluding carboxylic acids is 1. The number of rotatable bonds is 8. The van der Waals surface area contributed by atoms with Crippen LogP contribution in [0.4, 0.5) is 10.6 Å². The van der Waals surface area contributed by atoms with Gasteiger partial charge in [0.25, 0.3) is 0 Å². The highest BCUT2D eigenvalue weighted by atomic mass is 28.3. The third-order valence-corrected chi connectivity index (χ3v) is 7.18. The Bertz CT molecular complexity index is 1030. The number of anilines is 1. The normalized spacial score (nSPS) is 16.8. The number of hydrogen-bond acceptors (Lipinski definition) is 5. The molecule has 32 heavy (non-hydrogen) atoms. The monoisotopic (exact) mass is 450 g/mol. The Morgan fingerprint density at radius 1 is 1.12 bits per heavy atom. The van der Waals surface area contributed by atoms with Gasteiger partial charge in [0.05, 0.1) is 5.69 Å². The molecule has 0 saturated carbocycles. The van der Waals surface area contributed by atoms with Crippen LogP contribution in [0.25, 0.3) is 11.3 Å². The molecule has 0 aliphatic carbocycles. The maximum absolute atomic E-state index is 13.0. The Hall–Kier alpha value is -2.97. The maximum atomic E-state index is 13.0. The Balaban J connectivity index is 1.53. The fourth-order valence-corrected chi connectivity index (χ4v) is 4.36. The lowest BCUT2D eigenvalue weighted by atomic mass is 10.1. The third kappa shape index (κ3) is 5.44. The Morgan fingerprint density at radius 2 is 1.88 bits per heavy atom. The molecule has 0 bridgehead atoms. The zero-order valence-corrected chi connectivity index (χ0v) is 19.9. The highest BCUT2D eigenvalue weighted by Crippen LogP contribution is 2.31. The quantitative estimate of drug-likeness (QED) is 0.342. The van der Waals surface area contributed by atoms with Gasteiger partial charge in [0.2, 0.25) is 0 Å². The minimum Gasteiger partial charge on any atom is -0.441 e. The molecule has 0 spiro atoms. The second kappa shape index (κ2) is 9.66. The van der Waals surface area contributed by atoms with E-state index in [4.69, 9.17) is 14.6 Å². The Kier molecular flexibility index (Phi) is 6.71. The number of hydrogen-bond donors (Lipinski definition) is 0. The van der Waals surface area contributed by atoms with Crippen molar-refractivity contribution in [2.75, 3.05) is 18.1 Å². The van der Waals surface area contributed by atoms with E-state index in [0.29, 0.717) is 25.4 Å². The van der Waals surface area contributed by atoms with Crippen molar-refractivity contribution >= 4 is 20.0 Å². The average Bonchev–Trinajstić information content (AvgIpc) is 3.21. The minimum atomic E-state index is -1.19. The Morgan fingerprint density at radius 3 is 2.56 bits per heavy atom. The number of carbonyl (C=O) groups is 1. The van der Waals surface area contributed by atoms with Crippen LogP contribution >= 0.6 is 0 Å². The van der Waals surface area contributed by atoms with Gasteiger partial charge in [0.15, 0.2) is 0 Å². The van der Waals surface area contributed by atoms with Crippen LogP contribution in [-0.2, 0) is 16.2 Å². The number of amides is 1. The fraction of sp³-hybridized carbons (Fsp3) is 0.375. The summed E-state index contributed by atoms with van der Waals surface area (Å²) in [6.45, 7) is 8.49. The molecule has 3 aromatic rings. The van der Waals surface area contributed by atoms with Crippen molar-refractivity contribution in [1.82, 2.24) is 14.8 Å². The smallest absolute Gasteiger partial charge is 0.416 e. The van der Waals surface area contributed by atoms with Gasteiger partial charge in [-0.15, -0.1) is 0 Å². The molecule has 1 aliphatic rings. The molecule has 1 amide bonds. The van der Waals surface area contributed by atoms with E-state index in [0.717, 1.165) is 22.9 Å². The van der Waals surface area contributed by atoms with E-state index in [1.807, 2.05) is 48.5 Å². The topological polar surface area (TPSA) is 69.5 Å². The summed E-state index contributed by atoms with van der Waals surface area (Å²) in [5.74, 6) is 0.682. The molecule has 2 aromatic heterocycles. The number of pyridine rings is 1. The van der Waals surface area contributed by atoms with Crippen molar-refractivity contribution in [3.63, 3.8) is 0 Å². The van der Waals surface area contributed by atoms with Gasteiger partial charge in [0.1, 0.15) is 18.7 Å². The van der Waals surface area contributed by atoms with Crippen molar-refractivity contribution in [3.05, 3.63) is 66.5 Å². The van der Waals surface area contributed by atoms with Crippen LogP contribution in [0, 0.1) is 0 Å². The highest BCUT2D eigenvalue weighted by Gasteiger charge is 2.31. The van der Waals surface area contributed by atoms with E-state index in [1.54, 1.807) is 22.0 Å². The van der Waals surface area contributed by atoms with Gasteiger partial charge in [-0.3, -0.25) is 9.88 Å². The lowest BCUT2D eigenvalue weighted by Crippen LogP contribution is -2.40. The molecule has 1 fully saturated rings. The first kappa shape index (κ1) is 22.2. The molecular formula is C24H30N4O3Si. The maximum Gasteiger partial charge on any atom is 0.416 e. The van der Waals surface area contributed by atoms with E-state index in [1.165, 1.54) is 0 Å². The molecule has 1 unspecified atom stereocenters. The molecule has 3 heterocycles. The first-order valence-corrected chi connectivity index (χ1v) is 14.7. The molecule has 0 radical (unpaired) electrons. The number of cyclic esters (lactones) is 1. The van der Waals surface area contributed by atoms with E-state index in [9.17, 15) is 4.79 Å². The second-order valence-corrected chi connectivity index (χ2v) is 14.8. The molecule has 4 rings (SSSR count). The summed E-state index contributed by atoms with van der Waals surface area (Å²) in [4.78, 5) is 18.7. The summed E-state index contributed by atoms with van der Waals surface area (Å²) in [6.07, 6.45) is 3.58. The lowest BCUT2D eigenvalue weighted by Gasteiger charge is -2.31. The van der Waals surface area contributed by atoms with E-state index in [-0.39, 0.29) is 18.9 Å². The predicted molar refractivity (Wildman–Crippen MR) is 127 cm³/mol. The van der Waals surface area contributed by atoms with Crippen LogP contribution in [0.15, 0.2) is 60.9 Å². The standard InChI is InChI=1S/C24H30N4O3Si/c1-32(2,3)16-15-30-18-28-23(17-21(26-28)19-9-12-25-13-10-19)27-14-11-22(31-24(27)29)20-7-5-4-6-8-20/h4-10,12-13,17,22H,11,14-16,18H2,1-3H3. The van der Waals surface area contributed by atoms with E-state index in [2.05, 4.69) is 24.6 Å². The van der Waals surface area contributed by atoms with Crippen molar-refractivity contribution in [2.45, 2.75) is 44.9 Å². The lowest BCUT2D eigenvalue weighted by molar-refractivity contribution is 0.0733. The summed E-state index contributed by atoms with van der Waals surface area (Å²) in [5.41, 5.74) is 2.73. The summed E-state index contributed by atoms with van der Waals surface area (Å²) in [5, 5.41) is 4.73. The molecule has 1 saturated heterocycles. The van der Waals surface area contributed by atoms with Crippen LogP contribution in [0.1, 0.15) is 18.1 Å². The predicted octanol–water partition coefficient (Wildman–Crippen LogP) is 5.35. The zero-order valence-electron chi connectivity index (χ0n) is 18.9. The van der Waals surface area contributed by atoms with Crippen LogP contribution in [0.3, 0.4) is 0 Å². The average molecular weight is 451 g/mol. The molecule has 1 aliphatic heterocycles. The fourth-order valence-electron chi connectivity index (χ4n) is 3.60. The van der Waals surface area contributed by atoms with Crippen LogP contribution in [0.2, 0.25) is 25.7 Å². The summed E-state index contributed by atoms with van der Waals surface area (Å²) >= 11 is 0. The third-order valence-electron chi connectivity index (χ3n) is 5.47. The van der Waals surface area contributed by atoms with E-state index < -0.39 is 8.07 Å². The highest BCUT2D eigenvalue weighted by molar-refractivity contribution is 6.76. The van der Waals surface area contributed by atoms with Crippen LogP contribution < -0.4 is 4.90 Å². The number of nitrogens with zero attached hydrogens (tertiary/aromatic N) is 4. The molecule has 1 atom stereocenters. The van der Waals surface area contributed by atoms with E-state index >= 15 is 0 Å². The minimum absolute atomic E-state index is 0.232. The van der Waals surface area contributed by atoms with Crippen molar-refractivity contribution in [1.29, 1.82) is 0 Å². The van der Waals surface area contributed by atoms with Gasteiger partial charge in [-0.05, 0) is 23.7 Å². The van der Waals surface area contributed by atoms with Gasteiger partial charge >= 0.3 is 6.09 Å². The van der Waals surface area contributed by atoms with Gasteiger partial charge in [0, 0.05) is 51.7 Å². The number of ether oxygens (including phenoxy) is 2. The molecule has 168 valence electrons. The van der Waals surface area contributed by atoms with Crippen LogP contribution in [-0.4, -0.2) is 42.1 Å².